The number of rotatable bonds is 2. The normalized spacial score (nSPS) is 37.3. The molecule has 5 nitrogen and oxygen atoms in total. The second-order valence-electron chi connectivity index (χ2n) is 4.27. The minimum absolute atomic E-state index is 0.261. The second-order valence-corrected chi connectivity index (χ2v) is 4.27. The largest absolute Gasteiger partial charge is 0.458 e. The minimum atomic E-state index is -1.17. The van der Waals surface area contributed by atoms with Crippen LogP contribution in [0.3, 0.4) is 0 Å². The molecular formula is C12H20O5. The van der Waals surface area contributed by atoms with E-state index in [9.17, 15) is 20.1 Å². The number of esters is 1. The van der Waals surface area contributed by atoms with Gasteiger partial charge in [0.2, 0.25) is 0 Å². The van der Waals surface area contributed by atoms with Crippen LogP contribution in [0.1, 0.15) is 32.6 Å². The van der Waals surface area contributed by atoms with Crippen molar-refractivity contribution in [3.63, 3.8) is 0 Å². The Morgan fingerprint density at radius 2 is 2.12 bits per heavy atom. The highest BCUT2D eigenvalue weighted by molar-refractivity contribution is 5.74. The van der Waals surface area contributed by atoms with Gasteiger partial charge in [-0.15, -0.1) is 0 Å². The van der Waals surface area contributed by atoms with Gasteiger partial charge in [-0.3, -0.25) is 0 Å². The van der Waals surface area contributed by atoms with Gasteiger partial charge in [-0.25, -0.2) is 4.79 Å². The molecule has 0 amide bonds. The number of aliphatic hydroxyl groups excluding tert-OH is 3. The first-order valence-electron chi connectivity index (χ1n) is 5.97. The van der Waals surface area contributed by atoms with Crippen molar-refractivity contribution in [2.24, 2.45) is 0 Å². The smallest absolute Gasteiger partial charge is 0.335 e. The van der Waals surface area contributed by atoms with E-state index in [0.29, 0.717) is 19.3 Å². The van der Waals surface area contributed by atoms with Gasteiger partial charge in [0.05, 0.1) is 0 Å². The Kier molecular flexibility index (Phi) is 5.61. The molecule has 5 heteroatoms. The van der Waals surface area contributed by atoms with Crippen molar-refractivity contribution >= 4 is 5.97 Å². The molecule has 0 aromatic rings. The third-order valence-corrected chi connectivity index (χ3v) is 2.78. The average Bonchev–Trinajstić information content (AvgIpc) is 2.31. The van der Waals surface area contributed by atoms with Crippen molar-refractivity contribution in [2.45, 2.75) is 57.0 Å². The maximum absolute atomic E-state index is 11.5. The van der Waals surface area contributed by atoms with Crippen molar-refractivity contribution < 1.29 is 24.9 Å². The lowest BCUT2D eigenvalue weighted by Gasteiger charge is -2.27. The van der Waals surface area contributed by atoms with Crippen LogP contribution in [0.4, 0.5) is 0 Å². The molecular weight excluding hydrogens is 224 g/mol. The summed E-state index contributed by atoms with van der Waals surface area (Å²) in [6.45, 7) is 1.89. The van der Waals surface area contributed by atoms with Crippen LogP contribution in [0.15, 0.2) is 12.2 Å². The summed E-state index contributed by atoms with van der Waals surface area (Å²) in [6.07, 6.45) is 0.857. The Bertz CT molecular complexity index is 276. The molecule has 0 spiro atoms. The number of aliphatic hydroxyl groups is 3. The molecule has 1 aliphatic rings. The molecule has 1 rings (SSSR count). The van der Waals surface area contributed by atoms with Crippen LogP contribution in [0.5, 0.6) is 0 Å². The van der Waals surface area contributed by atoms with Crippen LogP contribution in [0.2, 0.25) is 0 Å². The molecule has 0 fully saturated rings. The molecule has 0 aliphatic carbocycles. The van der Waals surface area contributed by atoms with E-state index in [4.69, 9.17) is 4.74 Å². The number of carbonyl (C=O) groups excluding carboxylic acids is 1. The van der Waals surface area contributed by atoms with E-state index in [-0.39, 0.29) is 6.42 Å². The molecule has 4 atom stereocenters. The Morgan fingerprint density at radius 3 is 2.76 bits per heavy atom. The highest BCUT2D eigenvalue weighted by atomic mass is 16.6. The zero-order valence-corrected chi connectivity index (χ0v) is 9.95. The summed E-state index contributed by atoms with van der Waals surface area (Å²) >= 11 is 0. The lowest BCUT2D eigenvalue weighted by Crippen LogP contribution is -2.41. The summed E-state index contributed by atoms with van der Waals surface area (Å²) in [7, 11) is 0. The molecule has 98 valence electrons. The fourth-order valence-corrected chi connectivity index (χ4v) is 1.75. The summed E-state index contributed by atoms with van der Waals surface area (Å²) < 4.78 is 5.03. The SMILES string of the molecule is CCC[C@@H]1OC(=O)[C@H](O)CC/C=C\[C@H](O)[C@@H]1O. The molecule has 17 heavy (non-hydrogen) atoms. The Balaban J connectivity index is 2.80. The summed E-state index contributed by atoms with van der Waals surface area (Å²) in [5, 5.41) is 29.0. The van der Waals surface area contributed by atoms with Gasteiger partial charge in [-0.2, -0.15) is 0 Å². The Labute approximate surface area is 101 Å². The third-order valence-electron chi connectivity index (χ3n) is 2.78. The highest BCUT2D eigenvalue weighted by Gasteiger charge is 2.30. The maximum Gasteiger partial charge on any atom is 0.335 e. The zero-order chi connectivity index (χ0) is 12.8. The predicted molar refractivity (Wildman–Crippen MR) is 61.2 cm³/mol. The topological polar surface area (TPSA) is 87.0 Å². The first kappa shape index (κ1) is 14.2. The van der Waals surface area contributed by atoms with E-state index >= 15 is 0 Å². The minimum Gasteiger partial charge on any atom is -0.458 e. The molecule has 0 radical (unpaired) electrons. The van der Waals surface area contributed by atoms with Crippen LogP contribution in [0.25, 0.3) is 0 Å². The van der Waals surface area contributed by atoms with Crippen molar-refractivity contribution in [3.8, 4) is 0 Å². The summed E-state index contributed by atoms with van der Waals surface area (Å²) in [4.78, 5) is 11.5. The lowest BCUT2D eigenvalue weighted by atomic mass is 10.0. The monoisotopic (exact) mass is 244 g/mol. The van der Waals surface area contributed by atoms with Gasteiger partial charge in [0, 0.05) is 0 Å². The lowest BCUT2D eigenvalue weighted by molar-refractivity contribution is -0.169. The number of carbonyl (C=O) groups is 1. The summed E-state index contributed by atoms with van der Waals surface area (Å²) in [5.74, 6) is -0.731. The van der Waals surface area contributed by atoms with Crippen LogP contribution in [0, 0.1) is 0 Å². The zero-order valence-electron chi connectivity index (χ0n) is 9.95. The molecule has 3 N–H and O–H groups in total. The fraction of sp³-hybridized carbons (Fsp3) is 0.750. The molecule has 0 saturated carbocycles. The van der Waals surface area contributed by atoms with Crippen molar-refractivity contribution in [3.05, 3.63) is 12.2 Å². The van der Waals surface area contributed by atoms with E-state index < -0.39 is 30.4 Å². The quantitative estimate of drug-likeness (QED) is 0.475. The molecule has 0 unspecified atom stereocenters. The van der Waals surface area contributed by atoms with Crippen LogP contribution >= 0.6 is 0 Å². The van der Waals surface area contributed by atoms with E-state index in [1.807, 2.05) is 6.92 Å². The summed E-state index contributed by atoms with van der Waals surface area (Å²) in [5.41, 5.74) is 0. The third kappa shape index (κ3) is 4.11. The molecule has 0 aromatic heterocycles. The Morgan fingerprint density at radius 1 is 1.41 bits per heavy atom. The van der Waals surface area contributed by atoms with Gasteiger partial charge in [0.1, 0.15) is 18.3 Å². The standard InChI is InChI=1S/C12H20O5/c1-2-5-10-11(15)8(13)6-3-4-7-9(14)12(16)17-10/h3,6,8-11,13-15H,2,4-5,7H2,1H3/b6-3-/t8-,9+,10-,11-/m0/s1. The fourth-order valence-electron chi connectivity index (χ4n) is 1.75. The van der Waals surface area contributed by atoms with E-state index in [1.165, 1.54) is 6.08 Å². The molecule has 1 aliphatic heterocycles. The molecule has 0 saturated heterocycles. The number of ether oxygens (including phenoxy) is 1. The Hall–Kier alpha value is -0.910. The first-order valence-corrected chi connectivity index (χ1v) is 5.97. The summed E-state index contributed by atoms with van der Waals surface area (Å²) in [6, 6.07) is 0. The van der Waals surface area contributed by atoms with E-state index in [1.54, 1.807) is 6.08 Å². The van der Waals surface area contributed by atoms with E-state index in [0.717, 1.165) is 0 Å². The van der Waals surface area contributed by atoms with Crippen molar-refractivity contribution in [2.75, 3.05) is 0 Å². The van der Waals surface area contributed by atoms with Crippen LogP contribution in [-0.4, -0.2) is 45.7 Å². The van der Waals surface area contributed by atoms with Gasteiger partial charge >= 0.3 is 5.97 Å². The van der Waals surface area contributed by atoms with Gasteiger partial charge in [0.15, 0.2) is 6.10 Å². The first-order chi connectivity index (χ1) is 8.06. The van der Waals surface area contributed by atoms with Crippen LogP contribution in [-0.2, 0) is 9.53 Å². The molecule has 0 aromatic carbocycles. The number of hydrogen-bond donors (Lipinski definition) is 3. The average molecular weight is 244 g/mol. The maximum atomic E-state index is 11.5. The van der Waals surface area contributed by atoms with Gasteiger partial charge < -0.3 is 20.1 Å². The predicted octanol–water partition coefficient (Wildman–Crippen LogP) is 0.131. The van der Waals surface area contributed by atoms with Crippen molar-refractivity contribution in [1.82, 2.24) is 0 Å². The van der Waals surface area contributed by atoms with E-state index in [2.05, 4.69) is 0 Å². The number of cyclic esters (lactones) is 1. The van der Waals surface area contributed by atoms with Crippen molar-refractivity contribution in [1.29, 1.82) is 0 Å². The number of hydrogen-bond acceptors (Lipinski definition) is 5. The molecule has 0 bridgehead atoms. The number of allylic oxidation sites excluding steroid dienone is 1. The second kappa shape index (κ2) is 6.74. The highest BCUT2D eigenvalue weighted by Crippen LogP contribution is 2.16. The molecule has 1 heterocycles. The van der Waals surface area contributed by atoms with Gasteiger partial charge in [0.25, 0.3) is 0 Å². The van der Waals surface area contributed by atoms with Gasteiger partial charge in [-0.1, -0.05) is 25.5 Å². The van der Waals surface area contributed by atoms with Gasteiger partial charge in [-0.05, 0) is 19.3 Å². The van der Waals surface area contributed by atoms with Crippen LogP contribution < -0.4 is 0 Å².